The summed E-state index contributed by atoms with van der Waals surface area (Å²) in [5, 5.41) is 9.11. The number of carbonyl (C=O) groups is 1. The van der Waals surface area contributed by atoms with Gasteiger partial charge in [-0.3, -0.25) is 4.79 Å². The van der Waals surface area contributed by atoms with Gasteiger partial charge in [0.05, 0.1) is 5.69 Å². The molecule has 0 fully saturated rings. The lowest BCUT2D eigenvalue weighted by Gasteiger charge is -2.33. The molecule has 0 aliphatic carbocycles. The number of hydrogen-bond acceptors (Lipinski definition) is 3. The quantitative estimate of drug-likeness (QED) is 0.781. The third kappa shape index (κ3) is 2.56. The lowest BCUT2D eigenvalue weighted by Crippen LogP contribution is -2.47. The Morgan fingerprint density at radius 2 is 2.11 bits per heavy atom. The van der Waals surface area contributed by atoms with E-state index in [1.54, 1.807) is 0 Å². The van der Waals surface area contributed by atoms with Crippen LogP contribution in [0.3, 0.4) is 0 Å². The number of rotatable bonds is 1. The second-order valence-corrected chi connectivity index (χ2v) is 4.65. The van der Waals surface area contributed by atoms with Gasteiger partial charge in [0.25, 0.3) is 0 Å². The van der Waals surface area contributed by atoms with E-state index >= 15 is 0 Å². The molecule has 0 spiro atoms. The van der Waals surface area contributed by atoms with Crippen LogP contribution in [0, 0.1) is 5.92 Å². The largest absolute Gasteiger partial charge is 0.481 e. The van der Waals surface area contributed by atoms with Crippen molar-refractivity contribution in [2.45, 2.75) is 18.7 Å². The van der Waals surface area contributed by atoms with E-state index < -0.39 is 24.2 Å². The molecular formula is C11H9ClF3NO3. The van der Waals surface area contributed by atoms with Gasteiger partial charge >= 0.3 is 12.1 Å². The summed E-state index contributed by atoms with van der Waals surface area (Å²) in [5.74, 6) is -3.44. The number of ether oxygens (including phenoxy) is 1. The third-order valence-electron chi connectivity index (χ3n) is 2.85. The highest BCUT2D eigenvalue weighted by atomic mass is 35.5. The number of nitrogen functional groups attached to an aromatic ring is 1. The predicted molar refractivity (Wildman–Crippen MR) is 61.2 cm³/mol. The van der Waals surface area contributed by atoms with Gasteiger partial charge in [0, 0.05) is 5.02 Å². The monoisotopic (exact) mass is 295 g/mol. The number of carboxylic acid groups (broad SMARTS) is 1. The molecule has 3 N–H and O–H groups in total. The summed E-state index contributed by atoms with van der Waals surface area (Å²) in [7, 11) is 0. The van der Waals surface area contributed by atoms with Crippen LogP contribution in [-0.4, -0.2) is 23.4 Å². The van der Waals surface area contributed by atoms with Gasteiger partial charge in [-0.05, 0) is 24.1 Å². The maximum Gasteiger partial charge on any atom is 0.426 e. The van der Waals surface area contributed by atoms with Gasteiger partial charge in [-0.15, -0.1) is 0 Å². The second-order valence-electron chi connectivity index (χ2n) is 4.21. The Balaban J connectivity index is 2.48. The van der Waals surface area contributed by atoms with Crippen molar-refractivity contribution in [3.05, 3.63) is 22.7 Å². The molecule has 2 unspecified atom stereocenters. The molecule has 0 saturated carbocycles. The van der Waals surface area contributed by atoms with Crippen molar-refractivity contribution in [3.8, 4) is 5.75 Å². The average Bonchev–Trinajstić information content (AvgIpc) is 2.25. The molecule has 0 bridgehead atoms. The van der Waals surface area contributed by atoms with Gasteiger partial charge in [0.1, 0.15) is 11.7 Å². The number of anilines is 1. The van der Waals surface area contributed by atoms with Gasteiger partial charge in [0.2, 0.25) is 6.10 Å². The van der Waals surface area contributed by atoms with Crippen LogP contribution in [-0.2, 0) is 11.2 Å². The molecule has 0 amide bonds. The Hall–Kier alpha value is -1.63. The van der Waals surface area contributed by atoms with Crippen LogP contribution in [0.2, 0.25) is 5.02 Å². The number of fused-ring (bicyclic) bond motifs is 1. The number of carboxylic acids is 1. The highest BCUT2D eigenvalue weighted by Gasteiger charge is 2.52. The minimum Gasteiger partial charge on any atom is -0.481 e. The summed E-state index contributed by atoms with van der Waals surface area (Å²) in [6.07, 6.45) is -7.53. The maximum atomic E-state index is 12.8. The molecule has 1 aromatic carbocycles. The molecule has 0 saturated heterocycles. The van der Waals surface area contributed by atoms with Crippen LogP contribution in [0.1, 0.15) is 5.56 Å². The number of halogens is 4. The Kier molecular flexibility index (Phi) is 3.25. The smallest absolute Gasteiger partial charge is 0.426 e. The van der Waals surface area contributed by atoms with Gasteiger partial charge in [-0.1, -0.05) is 11.6 Å². The lowest BCUT2D eigenvalue weighted by molar-refractivity contribution is -0.217. The average molecular weight is 296 g/mol. The van der Waals surface area contributed by atoms with Crippen molar-refractivity contribution in [2.24, 2.45) is 5.92 Å². The third-order valence-corrected chi connectivity index (χ3v) is 3.07. The predicted octanol–water partition coefficient (Wildman–Crippen LogP) is 2.49. The number of nitrogens with two attached hydrogens (primary N) is 1. The van der Waals surface area contributed by atoms with E-state index in [9.17, 15) is 18.0 Å². The molecule has 104 valence electrons. The van der Waals surface area contributed by atoms with E-state index in [0.717, 1.165) is 0 Å². The summed E-state index contributed by atoms with van der Waals surface area (Å²) >= 11 is 5.73. The first-order valence-electron chi connectivity index (χ1n) is 5.24. The molecule has 0 radical (unpaired) electrons. The van der Waals surface area contributed by atoms with E-state index in [4.69, 9.17) is 27.2 Å². The molecule has 0 aromatic heterocycles. The molecule has 1 aromatic rings. The second kappa shape index (κ2) is 4.48. The number of alkyl halides is 3. The molecule has 2 rings (SSSR count). The van der Waals surface area contributed by atoms with Crippen molar-refractivity contribution >= 4 is 23.3 Å². The van der Waals surface area contributed by atoms with Gasteiger partial charge < -0.3 is 15.6 Å². The number of hydrogen-bond donors (Lipinski definition) is 2. The van der Waals surface area contributed by atoms with Crippen LogP contribution in [0.15, 0.2) is 12.1 Å². The van der Waals surface area contributed by atoms with E-state index in [1.165, 1.54) is 12.1 Å². The van der Waals surface area contributed by atoms with Crippen molar-refractivity contribution in [1.29, 1.82) is 0 Å². The molecule has 1 aliphatic heterocycles. The molecule has 8 heteroatoms. The first-order chi connectivity index (χ1) is 8.70. The van der Waals surface area contributed by atoms with Crippen LogP contribution in [0.4, 0.5) is 18.9 Å². The highest BCUT2D eigenvalue weighted by Crippen LogP contribution is 2.42. The summed E-state index contributed by atoms with van der Waals surface area (Å²) in [6.45, 7) is 0. The molecule has 2 atom stereocenters. The van der Waals surface area contributed by atoms with Crippen LogP contribution < -0.4 is 10.5 Å². The fourth-order valence-corrected chi connectivity index (χ4v) is 2.28. The SMILES string of the molecule is Nc1cc(Cl)cc2c1OC(C(F)(F)F)C(C(=O)O)C2. The summed E-state index contributed by atoms with van der Waals surface area (Å²) < 4.78 is 43.2. The zero-order chi connectivity index (χ0) is 14.4. The van der Waals surface area contributed by atoms with E-state index in [0.29, 0.717) is 0 Å². The Labute approximate surface area is 110 Å². The normalized spacial score (nSPS) is 22.5. The van der Waals surface area contributed by atoms with Crippen LogP contribution in [0.5, 0.6) is 5.75 Å². The summed E-state index contributed by atoms with van der Waals surface area (Å²) in [5.41, 5.74) is 5.77. The zero-order valence-electron chi connectivity index (χ0n) is 9.37. The van der Waals surface area contributed by atoms with Gasteiger partial charge in [-0.25, -0.2) is 0 Å². The minimum absolute atomic E-state index is 0.0411. The minimum atomic E-state index is -4.78. The number of benzene rings is 1. The fraction of sp³-hybridized carbons (Fsp3) is 0.364. The van der Waals surface area contributed by atoms with Gasteiger partial charge in [0.15, 0.2) is 0 Å². The molecule has 1 aliphatic rings. The van der Waals surface area contributed by atoms with E-state index in [-0.39, 0.29) is 28.4 Å². The topological polar surface area (TPSA) is 72.5 Å². The Bertz CT molecular complexity index is 533. The van der Waals surface area contributed by atoms with Crippen molar-refractivity contribution in [3.63, 3.8) is 0 Å². The first kappa shape index (κ1) is 13.8. The number of aliphatic carboxylic acids is 1. The first-order valence-corrected chi connectivity index (χ1v) is 5.62. The Morgan fingerprint density at radius 3 is 2.63 bits per heavy atom. The van der Waals surface area contributed by atoms with Crippen molar-refractivity contribution in [2.75, 3.05) is 5.73 Å². The van der Waals surface area contributed by atoms with Crippen molar-refractivity contribution < 1.29 is 27.8 Å². The fourth-order valence-electron chi connectivity index (χ4n) is 2.03. The van der Waals surface area contributed by atoms with Crippen LogP contribution in [0.25, 0.3) is 0 Å². The Morgan fingerprint density at radius 1 is 1.47 bits per heavy atom. The summed E-state index contributed by atoms with van der Waals surface area (Å²) in [4.78, 5) is 10.9. The van der Waals surface area contributed by atoms with E-state index in [1.807, 2.05) is 0 Å². The van der Waals surface area contributed by atoms with Gasteiger partial charge in [-0.2, -0.15) is 13.2 Å². The lowest BCUT2D eigenvalue weighted by atomic mass is 9.90. The molecule has 4 nitrogen and oxygen atoms in total. The van der Waals surface area contributed by atoms with E-state index in [2.05, 4.69) is 0 Å². The van der Waals surface area contributed by atoms with Crippen LogP contribution >= 0.6 is 11.6 Å². The highest BCUT2D eigenvalue weighted by molar-refractivity contribution is 6.31. The standard InChI is InChI=1S/C11H9ClF3NO3/c12-5-1-4-2-6(10(17)18)9(11(13,14)15)19-8(4)7(16)3-5/h1,3,6,9H,2,16H2,(H,17,18). The summed E-state index contributed by atoms with van der Waals surface area (Å²) in [6, 6.07) is 2.62. The zero-order valence-corrected chi connectivity index (χ0v) is 10.1. The maximum absolute atomic E-state index is 12.8. The molecular weight excluding hydrogens is 287 g/mol. The molecule has 1 heterocycles. The van der Waals surface area contributed by atoms with Crippen molar-refractivity contribution in [1.82, 2.24) is 0 Å². The molecule has 19 heavy (non-hydrogen) atoms.